The summed E-state index contributed by atoms with van der Waals surface area (Å²) in [5, 5.41) is 12.2. The molecule has 0 bridgehead atoms. The molecule has 1 fully saturated rings. The van der Waals surface area contributed by atoms with Crippen LogP contribution < -0.4 is 10.1 Å². The fourth-order valence-corrected chi connectivity index (χ4v) is 2.10. The zero-order valence-corrected chi connectivity index (χ0v) is 10.5. The SMILES string of the molecule is N#Cc1c(Cl)cccc1OC1CCCCNC1=O. The molecule has 94 valence electrons. The Kier molecular flexibility index (Phi) is 4.06. The molecule has 1 aliphatic rings. The Balaban J connectivity index is 2.20. The van der Waals surface area contributed by atoms with E-state index >= 15 is 0 Å². The second kappa shape index (κ2) is 5.74. The summed E-state index contributed by atoms with van der Waals surface area (Å²) in [6.07, 6.45) is 1.99. The Labute approximate surface area is 111 Å². The molecule has 1 unspecified atom stereocenters. The lowest BCUT2D eigenvalue weighted by atomic mass is 10.1. The number of ether oxygens (including phenoxy) is 1. The van der Waals surface area contributed by atoms with E-state index in [-0.39, 0.29) is 11.5 Å². The molecule has 1 atom stereocenters. The van der Waals surface area contributed by atoms with Crippen molar-refractivity contribution in [3.05, 3.63) is 28.8 Å². The number of nitriles is 1. The number of amides is 1. The van der Waals surface area contributed by atoms with Gasteiger partial charge in [0.2, 0.25) is 0 Å². The normalized spacial score (nSPS) is 19.6. The van der Waals surface area contributed by atoms with Gasteiger partial charge in [-0.2, -0.15) is 5.26 Å². The maximum absolute atomic E-state index is 11.8. The molecule has 5 heteroatoms. The average Bonchev–Trinajstić information content (AvgIpc) is 2.55. The van der Waals surface area contributed by atoms with Crippen LogP contribution in [-0.2, 0) is 4.79 Å². The molecule has 18 heavy (non-hydrogen) atoms. The van der Waals surface area contributed by atoms with Crippen molar-refractivity contribution in [3.63, 3.8) is 0 Å². The van der Waals surface area contributed by atoms with Crippen molar-refractivity contribution < 1.29 is 9.53 Å². The maximum atomic E-state index is 11.8. The highest BCUT2D eigenvalue weighted by Crippen LogP contribution is 2.27. The molecule has 4 nitrogen and oxygen atoms in total. The van der Waals surface area contributed by atoms with Crippen LogP contribution in [0.1, 0.15) is 24.8 Å². The zero-order valence-electron chi connectivity index (χ0n) is 9.78. The fourth-order valence-electron chi connectivity index (χ4n) is 1.89. The van der Waals surface area contributed by atoms with Crippen molar-refractivity contribution in [1.29, 1.82) is 5.26 Å². The summed E-state index contributed by atoms with van der Waals surface area (Å²) in [7, 11) is 0. The van der Waals surface area contributed by atoms with E-state index in [1.807, 2.05) is 6.07 Å². The minimum atomic E-state index is -0.543. The van der Waals surface area contributed by atoms with Crippen molar-refractivity contribution in [3.8, 4) is 11.8 Å². The summed E-state index contributed by atoms with van der Waals surface area (Å²) in [4.78, 5) is 11.8. The van der Waals surface area contributed by atoms with E-state index in [1.54, 1.807) is 18.2 Å². The first-order valence-corrected chi connectivity index (χ1v) is 6.23. The fraction of sp³-hybridized carbons (Fsp3) is 0.385. The number of rotatable bonds is 2. The molecule has 1 aromatic carbocycles. The van der Waals surface area contributed by atoms with Crippen molar-refractivity contribution >= 4 is 17.5 Å². The van der Waals surface area contributed by atoms with Crippen molar-refractivity contribution in [2.24, 2.45) is 0 Å². The second-order valence-electron chi connectivity index (χ2n) is 4.12. The van der Waals surface area contributed by atoms with Crippen LogP contribution >= 0.6 is 11.6 Å². The first kappa shape index (κ1) is 12.7. The molecule has 0 aliphatic carbocycles. The van der Waals surface area contributed by atoms with Gasteiger partial charge in [-0.3, -0.25) is 4.79 Å². The minimum absolute atomic E-state index is 0.128. The molecule has 1 heterocycles. The molecule has 0 saturated carbocycles. The molecule has 1 N–H and O–H groups in total. The van der Waals surface area contributed by atoms with Crippen molar-refractivity contribution in [2.75, 3.05) is 6.54 Å². The van der Waals surface area contributed by atoms with E-state index in [0.29, 0.717) is 23.7 Å². The Hall–Kier alpha value is -1.73. The first-order chi connectivity index (χ1) is 8.72. The summed E-state index contributed by atoms with van der Waals surface area (Å²) in [6, 6.07) is 6.98. The largest absolute Gasteiger partial charge is 0.479 e. The van der Waals surface area contributed by atoms with Crippen LogP contribution in [0.4, 0.5) is 0 Å². The van der Waals surface area contributed by atoms with E-state index in [4.69, 9.17) is 21.6 Å². The van der Waals surface area contributed by atoms with Gasteiger partial charge >= 0.3 is 0 Å². The molecule has 1 aliphatic heterocycles. The summed E-state index contributed by atoms with van der Waals surface area (Å²) in [6.45, 7) is 0.680. The molecular weight excluding hydrogens is 252 g/mol. The minimum Gasteiger partial charge on any atom is -0.479 e. The third-order valence-electron chi connectivity index (χ3n) is 2.84. The van der Waals surface area contributed by atoms with E-state index in [2.05, 4.69) is 5.32 Å². The quantitative estimate of drug-likeness (QED) is 0.891. The van der Waals surface area contributed by atoms with Crippen molar-refractivity contribution in [2.45, 2.75) is 25.4 Å². The Morgan fingerprint density at radius 2 is 2.28 bits per heavy atom. The standard InChI is InChI=1S/C13H13ClN2O2/c14-10-4-3-6-11(9(10)8-15)18-12-5-1-2-7-16-13(12)17/h3-4,6,12H,1-2,5,7H2,(H,16,17). The lowest BCUT2D eigenvalue weighted by Crippen LogP contribution is -2.36. The zero-order chi connectivity index (χ0) is 13.0. The molecular formula is C13H13ClN2O2. The maximum Gasteiger partial charge on any atom is 0.261 e. The van der Waals surface area contributed by atoms with Crippen LogP contribution in [0.15, 0.2) is 18.2 Å². The van der Waals surface area contributed by atoms with E-state index in [1.165, 1.54) is 0 Å². The molecule has 1 saturated heterocycles. The number of hydrogen-bond donors (Lipinski definition) is 1. The van der Waals surface area contributed by atoms with Gasteiger partial charge in [-0.1, -0.05) is 17.7 Å². The van der Waals surface area contributed by atoms with Crippen LogP contribution in [0.3, 0.4) is 0 Å². The smallest absolute Gasteiger partial charge is 0.261 e. The van der Waals surface area contributed by atoms with Gasteiger partial charge in [-0.05, 0) is 31.4 Å². The van der Waals surface area contributed by atoms with Gasteiger partial charge in [0, 0.05) is 6.54 Å². The second-order valence-corrected chi connectivity index (χ2v) is 4.53. The van der Waals surface area contributed by atoms with Gasteiger partial charge in [0.05, 0.1) is 5.02 Å². The van der Waals surface area contributed by atoms with Crippen LogP contribution in [0.2, 0.25) is 5.02 Å². The Bertz CT molecular complexity index is 496. The molecule has 1 amide bonds. The van der Waals surface area contributed by atoms with E-state index in [0.717, 1.165) is 12.8 Å². The van der Waals surface area contributed by atoms with Gasteiger partial charge in [-0.25, -0.2) is 0 Å². The third kappa shape index (κ3) is 2.74. The van der Waals surface area contributed by atoms with E-state index in [9.17, 15) is 4.79 Å². The van der Waals surface area contributed by atoms with Gasteiger partial charge < -0.3 is 10.1 Å². The van der Waals surface area contributed by atoms with Crippen LogP contribution in [-0.4, -0.2) is 18.6 Å². The third-order valence-corrected chi connectivity index (χ3v) is 3.16. The van der Waals surface area contributed by atoms with Crippen LogP contribution in [0, 0.1) is 11.3 Å². The number of carbonyl (C=O) groups is 1. The summed E-state index contributed by atoms with van der Waals surface area (Å²) in [5.41, 5.74) is 0.274. The van der Waals surface area contributed by atoms with Gasteiger partial charge in [-0.15, -0.1) is 0 Å². The van der Waals surface area contributed by atoms with Crippen molar-refractivity contribution in [1.82, 2.24) is 5.32 Å². The topological polar surface area (TPSA) is 62.1 Å². The number of benzene rings is 1. The lowest BCUT2D eigenvalue weighted by molar-refractivity contribution is -0.127. The number of hydrogen-bond acceptors (Lipinski definition) is 3. The van der Waals surface area contributed by atoms with Gasteiger partial charge in [0.15, 0.2) is 6.10 Å². The van der Waals surface area contributed by atoms with Gasteiger partial charge in [0.1, 0.15) is 17.4 Å². The molecule has 0 aromatic heterocycles. The van der Waals surface area contributed by atoms with Gasteiger partial charge in [0.25, 0.3) is 5.91 Å². The molecule has 0 spiro atoms. The number of halogens is 1. The highest BCUT2D eigenvalue weighted by Gasteiger charge is 2.23. The predicted molar refractivity (Wildman–Crippen MR) is 67.4 cm³/mol. The number of nitrogens with zero attached hydrogens (tertiary/aromatic N) is 1. The Morgan fingerprint density at radius 1 is 1.44 bits per heavy atom. The first-order valence-electron chi connectivity index (χ1n) is 5.85. The summed E-state index contributed by atoms with van der Waals surface area (Å²) < 4.78 is 5.63. The Morgan fingerprint density at radius 3 is 3.06 bits per heavy atom. The highest BCUT2D eigenvalue weighted by atomic mass is 35.5. The number of nitrogens with one attached hydrogen (secondary N) is 1. The highest BCUT2D eigenvalue weighted by molar-refractivity contribution is 6.31. The average molecular weight is 265 g/mol. The lowest BCUT2D eigenvalue weighted by Gasteiger charge is -2.16. The molecule has 0 radical (unpaired) electrons. The van der Waals surface area contributed by atoms with Crippen LogP contribution in [0.5, 0.6) is 5.75 Å². The monoisotopic (exact) mass is 264 g/mol. The van der Waals surface area contributed by atoms with E-state index < -0.39 is 6.10 Å². The number of carbonyl (C=O) groups excluding carboxylic acids is 1. The molecule has 1 aromatic rings. The summed E-state index contributed by atoms with van der Waals surface area (Å²) >= 11 is 5.91. The van der Waals surface area contributed by atoms with Crippen LogP contribution in [0.25, 0.3) is 0 Å². The predicted octanol–water partition coefficient (Wildman–Crippen LogP) is 2.26. The summed E-state index contributed by atoms with van der Waals surface area (Å²) in [5.74, 6) is 0.239. The molecule has 2 rings (SSSR count).